The molecule has 0 aliphatic rings. The molecular weight excluding hydrogens is 324 g/mol. The highest BCUT2D eigenvalue weighted by Crippen LogP contribution is 2.17. The average molecular weight is 342 g/mol. The van der Waals surface area contributed by atoms with Crippen molar-refractivity contribution in [3.8, 4) is 0 Å². The average Bonchev–Trinajstić information content (AvgIpc) is 3.28. The standard InChI is InChI=1S/C16H18N6OS/c1-12(15-18-6-7-24-15)8-19-16(23)21-14-5-3-2-4-13(14)9-22-11-17-10-20-22/h2-7,10-12H,8-9H2,1H3,(H2,19,21,23)/t12-/m0/s1. The maximum atomic E-state index is 12.2. The van der Waals surface area contributed by atoms with Crippen LogP contribution in [0.2, 0.25) is 0 Å². The van der Waals surface area contributed by atoms with E-state index in [1.54, 1.807) is 28.5 Å². The van der Waals surface area contributed by atoms with Crippen LogP contribution >= 0.6 is 11.3 Å². The van der Waals surface area contributed by atoms with E-state index in [4.69, 9.17) is 0 Å². The predicted molar refractivity (Wildman–Crippen MR) is 93.1 cm³/mol. The number of hydrogen-bond donors (Lipinski definition) is 2. The Bertz CT molecular complexity index is 772. The van der Waals surface area contributed by atoms with Crippen LogP contribution in [0, 0.1) is 0 Å². The van der Waals surface area contributed by atoms with Gasteiger partial charge < -0.3 is 10.6 Å². The Morgan fingerprint density at radius 2 is 2.25 bits per heavy atom. The van der Waals surface area contributed by atoms with E-state index >= 15 is 0 Å². The predicted octanol–water partition coefficient (Wildman–Crippen LogP) is 2.71. The van der Waals surface area contributed by atoms with E-state index < -0.39 is 0 Å². The maximum Gasteiger partial charge on any atom is 0.319 e. The van der Waals surface area contributed by atoms with Gasteiger partial charge >= 0.3 is 6.03 Å². The largest absolute Gasteiger partial charge is 0.337 e. The van der Waals surface area contributed by atoms with Gasteiger partial charge in [0.15, 0.2) is 0 Å². The Labute approximate surface area is 143 Å². The summed E-state index contributed by atoms with van der Waals surface area (Å²) in [4.78, 5) is 20.4. The summed E-state index contributed by atoms with van der Waals surface area (Å²) in [6.45, 7) is 3.12. The summed E-state index contributed by atoms with van der Waals surface area (Å²) in [6, 6.07) is 7.41. The molecule has 2 amide bonds. The number of amides is 2. The summed E-state index contributed by atoms with van der Waals surface area (Å²) in [5.41, 5.74) is 1.72. The van der Waals surface area contributed by atoms with E-state index in [9.17, 15) is 4.79 Å². The molecule has 3 aromatic rings. The number of urea groups is 1. The minimum Gasteiger partial charge on any atom is -0.337 e. The molecular formula is C16H18N6OS. The van der Waals surface area contributed by atoms with Gasteiger partial charge in [0.25, 0.3) is 0 Å². The highest BCUT2D eigenvalue weighted by molar-refractivity contribution is 7.09. The molecule has 1 aromatic carbocycles. The topological polar surface area (TPSA) is 84.7 Å². The highest BCUT2D eigenvalue weighted by Gasteiger charge is 2.11. The van der Waals surface area contributed by atoms with Crippen molar-refractivity contribution in [3.63, 3.8) is 0 Å². The number of benzene rings is 1. The van der Waals surface area contributed by atoms with Gasteiger partial charge in [0.2, 0.25) is 0 Å². The van der Waals surface area contributed by atoms with Crippen molar-refractivity contribution < 1.29 is 4.79 Å². The fourth-order valence-electron chi connectivity index (χ4n) is 2.25. The van der Waals surface area contributed by atoms with Gasteiger partial charge in [0.05, 0.1) is 11.6 Å². The van der Waals surface area contributed by atoms with E-state index in [0.717, 1.165) is 16.3 Å². The zero-order chi connectivity index (χ0) is 16.8. The van der Waals surface area contributed by atoms with Gasteiger partial charge in [-0.1, -0.05) is 25.1 Å². The summed E-state index contributed by atoms with van der Waals surface area (Å²) in [7, 11) is 0. The van der Waals surface area contributed by atoms with Crippen LogP contribution in [0.5, 0.6) is 0 Å². The lowest BCUT2D eigenvalue weighted by molar-refractivity contribution is 0.251. The Balaban J connectivity index is 1.58. The second-order valence-electron chi connectivity index (χ2n) is 5.36. The van der Waals surface area contributed by atoms with Crippen LogP contribution in [0.25, 0.3) is 0 Å². The molecule has 0 bridgehead atoms. The Morgan fingerprint density at radius 1 is 1.38 bits per heavy atom. The number of carbonyl (C=O) groups is 1. The fraction of sp³-hybridized carbons (Fsp3) is 0.250. The van der Waals surface area contributed by atoms with Crippen LogP contribution in [-0.4, -0.2) is 32.3 Å². The number of anilines is 1. The first-order chi connectivity index (χ1) is 11.7. The van der Waals surface area contributed by atoms with Gasteiger partial charge in [-0.25, -0.2) is 19.4 Å². The smallest absolute Gasteiger partial charge is 0.319 e. The molecule has 124 valence electrons. The lowest BCUT2D eigenvalue weighted by Crippen LogP contribution is -2.32. The van der Waals surface area contributed by atoms with Crippen LogP contribution in [0.15, 0.2) is 48.5 Å². The van der Waals surface area contributed by atoms with Gasteiger partial charge in [0, 0.05) is 29.7 Å². The molecule has 2 heterocycles. The molecule has 0 saturated heterocycles. The molecule has 2 aromatic heterocycles. The Kier molecular flexibility index (Phi) is 5.17. The monoisotopic (exact) mass is 342 g/mol. The van der Waals surface area contributed by atoms with E-state index in [-0.39, 0.29) is 11.9 Å². The van der Waals surface area contributed by atoms with Gasteiger partial charge in [-0.05, 0) is 11.6 Å². The first-order valence-electron chi connectivity index (χ1n) is 7.57. The number of carbonyl (C=O) groups excluding carboxylic acids is 1. The third-order valence-corrected chi connectivity index (χ3v) is 4.51. The van der Waals surface area contributed by atoms with Crippen LogP contribution in [-0.2, 0) is 6.54 Å². The normalized spacial score (nSPS) is 11.9. The SMILES string of the molecule is C[C@@H](CNC(=O)Nc1ccccc1Cn1cncn1)c1nccs1. The number of hydrogen-bond acceptors (Lipinski definition) is 5. The zero-order valence-corrected chi connectivity index (χ0v) is 14.0. The minimum atomic E-state index is -0.232. The minimum absolute atomic E-state index is 0.182. The van der Waals surface area contributed by atoms with Crippen LogP contribution in [0.3, 0.4) is 0 Å². The summed E-state index contributed by atoms with van der Waals surface area (Å²) in [5.74, 6) is 0.182. The van der Waals surface area contributed by atoms with Crippen LogP contribution in [0.4, 0.5) is 10.5 Å². The molecule has 0 radical (unpaired) electrons. The molecule has 0 unspecified atom stereocenters. The maximum absolute atomic E-state index is 12.2. The number of para-hydroxylation sites is 1. The lowest BCUT2D eigenvalue weighted by Gasteiger charge is -2.13. The molecule has 0 saturated carbocycles. The number of nitrogens with one attached hydrogen (secondary N) is 2. The Morgan fingerprint density at radius 3 is 3.00 bits per heavy atom. The molecule has 1 atom stereocenters. The highest BCUT2D eigenvalue weighted by atomic mass is 32.1. The lowest BCUT2D eigenvalue weighted by atomic mass is 10.2. The first-order valence-corrected chi connectivity index (χ1v) is 8.45. The van der Waals surface area contributed by atoms with Crippen molar-refractivity contribution in [2.45, 2.75) is 19.4 Å². The molecule has 3 rings (SSSR count). The number of thiazole rings is 1. The van der Waals surface area contributed by atoms with Gasteiger partial charge in [-0.15, -0.1) is 11.3 Å². The van der Waals surface area contributed by atoms with E-state index in [1.807, 2.05) is 36.6 Å². The second-order valence-corrected chi connectivity index (χ2v) is 6.28. The molecule has 24 heavy (non-hydrogen) atoms. The fourth-order valence-corrected chi connectivity index (χ4v) is 2.94. The van der Waals surface area contributed by atoms with Crippen molar-refractivity contribution in [3.05, 3.63) is 59.1 Å². The molecule has 8 heteroatoms. The molecule has 0 fully saturated rings. The van der Waals surface area contributed by atoms with Crippen molar-refractivity contribution in [2.24, 2.45) is 0 Å². The first kappa shape index (κ1) is 16.1. The van der Waals surface area contributed by atoms with Gasteiger partial charge in [-0.2, -0.15) is 5.10 Å². The molecule has 0 aliphatic heterocycles. The van der Waals surface area contributed by atoms with E-state index in [0.29, 0.717) is 13.1 Å². The Hall–Kier alpha value is -2.74. The van der Waals surface area contributed by atoms with E-state index in [1.165, 1.54) is 6.33 Å². The van der Waals surface area contributed by atoms with Crippen LogP contribution < -0.4 is 10.6 Å². The third-order valence-electron chi connectivity index (χ3n) is 3.51. The second kappa shape index (κ2) is 7.69. The van der Waals surface area contributed by atoms with E-state index in [2.05, 4.69) is 25.7 Å². The van der Waals surface area contributed by atoms with Crippen LogP contribution in [0.1, 0.15) is 23.4 Å². The zero-order valence-electron chi connectivity index (χ0n) is 13.2. The number of rotatable bonds is 6. The summed E-state index contributed by atoms with van der Waals surface area (Å²) < 4.78 is 1.71. The number of nitrogens with zero attached hydrogens (tertiary/aromatic N) is 4. The summed E-state index contributed by atoms with van der Waals surface area (Å²) in [6.07, 6.45) is 4.91. The summed E-state index contributed by atoms with van der Waals surface area (Å²) >= 11 is 1.59. The molecule has 7 nitrogen and oxygen atoms in total. The van der Waals surface area contributed by atoms with Crippen molar-refractivity contribution >= 4 is 23.1 Å². The molecule has 2 N–H and O–H groups in total. The molecule has 0 aliphatic carbocycles. The quantitative estimate of drug-likeness (QED) is 0.721. The van der Waals surface area contributed by atoms with Crippen molar-refractivity contribution in [2.75, 3.05) is 11.9 Å². The molecule has 0 spiro atoms. The van der Waals surface area contributed by atoms with Crippen molar-refractivity contribution in [1.29, 1.82) is 0 Å². The summed E-state index contributed by atoms with van der Waals surface area (Å²) in [5, 5.41) is 12.8. The van der Waals surface area contributed by atoms with Gasteiger partial charge in [0.1, 0.15) is 12.7 Å². The third kappa shape index (κ3) is 4.17. The van der Waals surface area contributed by atoms with Gasteiger partial charge in [-0.3, -0.25) is 0 Å². The van der Waals surface area contributed by atoms with Crippen molar-refractivity contribution in [1.82, 2.24) is 25.1 Å². The number of aromatic nitrogens is 4.